The van der Waals surface area contributed by atoms with E-state index in [2.05, 4.69) is 16.0 Å². The van der Waals surface area contributed by atoms with Gasteiger partial charge in [0.15, 0.2) is 0 Å². The van der Waals surface area contributed by atoms with Crippen molar-refractivity contribution in [3.63, 3.8) is 0 Å². The first kappa shape index (κ1) is 28.0. The quantitative estimate of drug-likeness (QED) is 0.240. The van der Waals surface area contributed by atoms with Crippen molar-refractivity contribution in [3.8, 4) is 6.07 Å². The lowest BCUT2D eigenvalue weighted by Crippen LogP contribution is -2.56. The fourth-order valence-corrected chi connectivity index (χ4v) is 3.51. The Bertz CT molecular complexity index is 1060. The molecular formula is C26H32N6O4. The number of primary amides is 1. The van der Waals surface area contributed by atoms with Crippen molar-refractivity contribution in [3.05, 3.63) is 71.8 Å². The van der Waals surface area contributed by atoms with Crippen LogP contribution in [0.25, 0.3) is 0 Å². The number of benzene rings is 2. The van der Waals surface area contributed by atoms with Crippen molar-refractivity contribution >= 4 is 23.6 Å². The summed E-state index contributed by atoms with van der Waals surface area (Å²) >= 11 is 0. The number of nitrogens with one attached hydrogen (secondary N) is 3. The van der Waals surface area contributed by atoms with E-state index < -0.39 is 41.8 Å². The molecule has 0 saturated heterocycles. The van der Waals surface area contributed by atoms with Crippen molar-refractivity contribution in [1.82, 2.24) is 16.0 Å². The maximum Gasteiger partial charge on any atom is 0.251 e. The highest BCUT2D eigenvalue weighted by Crippen LogP contribution is 2.08. The normalized spacial score (nSPS) is 12.9. The molecule has 0 unspecified atom stereocenters. The second-order valence-electron chi connectivity index (χ2n) is 8.25. The zero-order valence-electron chi connectivity index (χ0n) is 20.0. The number of nitriles is 1. The molecule has 7 N–H and O–H groups in total. The third-order valence-electron chi connectivity index (χ3n) is 5.48. The third kappa shape index (κ3) is 9.19. The van der Waals surface area contributed by atoms with Crippen LogP contribution in [0.3, 0.4) is 0 Å². The van der Waals surface area contributed by atoms with E-state index in [1.54, 1.807) is 36.4 Å². The molecule has 0 bridgehead atoms. The SMILES string of the molecule is N#CC[C@H](NC(=O)[C@H](CCCCN)NC(=O)[C@H](Cc1ccccc1)NC(=O)c1ccccc1)C(N)=O. The molecular weight excluding hydrogens is 460 g/mol. The van der Waals surface area contributed by atoms with Crippen LogP contribution in [-0.2, 0) is 20.8 Å². The molecule has 2 aromatic carbocycles. The smallest absolute Gasteiger partial charge is 0.251 e. The molecule has 0 aliphatic heterocycles. The van der Waals surface area contributed by atoms with Gasteiger partial charge < -0.3 is 27.4 Å². The molecule has 0 radical (unpaired) electrons. The summed E-state index contributed by atoms with van der Waals surface area (Å²) in [5.74, 6) is -2.49. The molecule has 4 amide bonds. The fourth-order valence-electron chi connectivity index (χ4n) is 3.51. The highest BCUT2D eigenvalue weighted by atomic mass is 16.2. The molecule has 2 rings (SSSR count). The molecule has 0 fully saturated rings. The number of nitrogens with two attached hydrogens (primary N) is 2. The van der Waals surface area contributed by atoms with E-state index in [1.165, 1.54) is 0 Å². The van der Waals surface area contributed by atoms with Crippen LogP contribution in [0.15, 0.2) is 60.7 Å². The number of nitrogens with zero attached hydrogens (tertiary/aromatic N) is 1. The summed E-state index contributed by atoms with van der Waals surface area (Å²) in [6.07, 6.45) is 1.30. The van der Waals surface area contributed by atoms with Gasteiger partial charge in [-0.25, -0.2) is 0 Å². The molecule has 0 saturated carbocycles. The van der Waals surface area contributed by atoms with E-state index >= 15 is 0 Å². The zero-order valence-corrected chi connectivity index (χ0v) is 20.0. The van der Waals surface area contributed by atoms with Crippen molar-refractivity contribution < 1.29 is 19.2 Å². The fraction of sp³-hybridized carbons (Fsp3) is 0.346. The molecule has 3 atom stereocenters. The summed E-state index contributed by atoms with van der Waals surface area (Å²) < 4.78 is 0. The average molecular weight is 493 g/mol. The summed E-state index contributed by atoms with van der Waals surface area (Å²) in [6.45, 7) is 0.407. The number of hydrogen-bond acceptors (Lipinski definition) is 6. The predicted molar refractivity (Wildman–Crippen MR) is 134 cm³/mol. The summed E-state index contributed by atoms with van der Waals surface area (Å²) in [7, 11) is 0. The molecule has 36 heavy (non-hydrogen) atoms. The van der Waals surface area contributed by atoms with Gasteiger partial charge in [-0.1, -0.05) is 48.5 Å². The molecule has 10 nitrogen and oxygen atoms in total. The van der Waals surface area contributed by atoms with Crippen LogP contribution in [0.4, 0.5) is 0 Å². The van der Waals surface area contributed by atoms with Crippen molar-refractivity contribution in [1.29, 1.82) is 5.26 Å². The van der Waals surface area contributed by atoms with Crippen LogP contribution in [0, 0.1) is 11.3 Å². The average Bonchev–Trinajstić information content (AvgIpc) is 2.88. The Morgan fingerprint density at radius 3 is 1.97 bits per heavy atom. The topological polar surface area (TPSA) is 180 Å². The van der Waals surface area contributed by atoms with Crippen molar-refractivity contribution in [2.75, 3.05) is 6.54 Å². The van der Waals surface area contributed by atoms with E-state index in [4.69, 9.17) is 16.7 Å². The van der Waals surface area contributed by atoms with Crippen molar-refractivity contribution in [2.45, 2.75) is 50.2 Å². The summed E-state index contributed by atoms with van der Waals surface area (Å²) in [6, 6.07) is 16.3. The minimum Gasteiger partial charge on any atom is -0.368 e. The van der Waals surface area contributed by atoms with E-state index in [9.17, 15) is 19.2 Å². The van der Waals surface area contributed by atoms with Crippen LogP contribution in [0.5, 0.6) is 0 Å². The molecule has 10 heteroatoms. The summed E-state index contributed by atoms with van der Waals surface area (Å²) in [5.41, 5.74) is 12.1. The Morgan fingerprint density at radius 1 is 0.806 bits per heavy atom. The predicted octanol–water partition coefficient (Wildman–Crippen LogP) is 0.525. The molecule has 0 heterocycles. The molecule has 2 aromatic rings. The minimum atomic E-state index is -1.19. The number of hydrogen-bond donors (Lipinski definition) is 5. The number of carbonyl (C=O) groups excluding carboxylic acids is 4. The Hall–Kier alpha value is -4.23. The number of rotatable bonds is 14. The summed E-state index contributed by atoms with van der Waals surface area (Å²) in [4.78, 5) is 50.7. The highest BCUT2D eigenvalue weighted by molar-refractivity contribution is 5.98. The molecule has 0 aliphatic carbocycles. The lowest BCUT2D eigenvalue weighted by Gasteiger charge is -2.24. The molecule has 0 aromatic heterocycles. The Kier molecular flexibility index (Phi) is 11.6. The lowest BCUT2D eigenvalue weighted by molar-refractivity contribution is -0.132. The van der Waals surface area contributed by atoms with Crippen molar-refractivity contribution in [2.24, 2.45) is 11.5 Å². The molecule has 0 spiro atoms. The van der Waals surface area contributed by atoms with Gasteiger partial charge in [0.2, 0.25) is 17.7 Å². The molecule has 190 valence electrons. The Labute approximate surface area is 210 Å². The maximum absolute atomic E-state index is 13.3. The first-order chi connectivity index (χ1) is 17.3. The second kappa shape index (κ2) is 14.9. The largest absolute Gasteiger partial charge is 0.368 e. The van der Waals surface area contributed by atoms with Gasteiger partial charge in [0.05, 0.1) is 12.5 Å². The van der Waals surface area contributed by atoms with Gasteiger partial charge in [0, 0.05) is 12.0 Å². The van der Waals surface area contributed by atoms with Crippen LogP contribution >= 0.6 is 0 Å². The standard InChI is InChI=1S/C26H32N6O4/c27-15-8-7-13-21(25(35)30-20(14-16-28)23(29)33)31-26(36)22(17-18-9-3-1-4-10-18)32-24(34)19-11-5-2-6-12-19/h1-6,9-12,20-22H,7-8,13-15,17,27H2,(H2,29,33)(H,30,35)(H,31,36)(H,32,34)/t20-,21-,22-/m0/s1. The van der Waals surface area contributed by atoms with E-state index in [0.29, 0.717) is 24.9 Å². The van der Waals surface area contributed by atoms with Gasteiger partial charge in [-0.3, -0.25) is 19.2 Å². The highest BCUT2D eigenvalue weighted by Gasteiger charge is 2.29. The van der Waals surface area contributed by atoms with Gasteiger partial charge in [0.1, 0.15) is 18.1 Å². The third-order valence-corrected chi connectivity index (χ3v) is 5.48. The number of unbranched alkanes of at least 4 members (excludes halogenated alkanes) is 1. The second-order valence-corrected chi connectivity index (χ2v) is 8.25. The van der Waals surface area contributed by atoms with E-state index in [0.717, 1.165) is 5.56 Å². The lowest BCUT2D eigenvalue weighted by atomic mass is 10.0. The van der Waals surface area contributed by atoms with E-state index in [1.807, 2.05) is 30.3 Å². The van der Waals surface area contributed by atoms with Crippen LogP contribution < -0.4 is 27.4 Å². The maximum atomic E-state index is 13.3. The first-order valence-corrected chi connectivity index (χ1v) is 11.7. The first-order valence-electron chi connectivity index (χ1n) is 11.7. The van der Waals surface area contributed by atoms with E-state index in [-0.39, 0.29) is 19.3 Å². The van der Waals surface area contributed by atoms with Gasteiger partial charge in [-0.05, 0) is 43.5 Å². The number of amides is 4. The number of carbonyl (C=O) groups is 4. The summed E-state index contributed by atoms with van der Waals surface area (Å²) in [5, 5.41) is 16.8. The monoisotopic (exact) mass is 492 g/mol. The zero-order chi connectivity index (χ0) is 26.3. The van der Waals surface area contributed by atoms with Gasteiger partial charge >= 0.3 is 0 Å². The van der Waals surface area contributed by atoms with Gasteiger partial charge in [0.25, 0.3) is 5.91 Å². The van der Waals surface area contributed by atoms with Crippen LogP contribution in [-0.4, -0.2) is 48.3 Å². The van der Waals surface area contributed by atoms with Gasteiger partial charge in [-0.15, -0.1) is 0 Å². The Balaban J connectivity index is 2.22. The minimum absolute atomic E-state index is 0.195. The van der Waals surface area contributed by atoms with Crippen LogP contribution in [0.1, 0.15) is 41.6 Å². The van der Waals surface area contributed by atoms with Crippen LogP contribution in [0.2, 0.25) is 0 Å². The van der Waals surface area contributed by atoms with Gasteiger partial charge in [-0.2, -0.15) is 5.26 Å². The Morgan fingerprint density at radius 2 is 1.39 bits per heavy atom. The molecule has 0 aliphatic rings.